The van der Waals surface area contributed by atoms with E-state index in [9.17, 15) is 9.59 Å². The third kappa shape index (κ3) is 2.37. The molecule has 0 saturated heterocycles. The summed E-state index contributed by atoms with van der Waals surface area (Å²) in [6.45, 7) is 1.83. The summed E-state index contributed by atoms with van der Waals surface area (Å²) in [5, 5.41) is -0.343. The SMILES string of the molecule is COc1ccc(C)cc1N1C(=O)c2c(Cl)c(Cl)c(Cl)c(Cl)c2C1=O. The summed E-state index contributed by atoms with van der Waals surface area (Å²) < 4.78 is 5.25. The van der Waals surface area contributed by atoms with Crippen LogP contribution in [0.2, 0.25) is 20.1 Å². The molecule has 0 bridgehead atoms. The molecule has 0 N–H and O–H groups in total. The fourth-order valence-electron chi connectivity index (χ4n) is 2.54. The van der Waals surface area contributed by atoms with Crippen molar-refractivity contribution in [1.29, 1.82) is 0 Å². The lowest BCUT2D eigenvalue weighted by Crippen LogP contribution is -2.30. The molecule has 4 nitrogen and oxygen atoms in total. The second-order valence-corrected chi connectivity index (χ2v) is 6.64. The van der Waals surface area contributed by atoms with Crippen LogP contribution in [0.5, 0.6) is 5.75 Å². The van der Waals surface area contributed by atoms with Gasteiger partial charge in [-0.25, -0.2) is 4.90 Å². The molecular formula is C16H9Cl4NO3. The summed E-state index contributed by atoms with van der Waals surface area (Å²) in [7, 11) is 1.44. The summed E-state index contributed by atoms with van der Waals surface area (Å²) in [5.74, 6) is -0.909. The number of ether oxygens (including phenoxy) is 1. The second-order valence-electron chi connectivity index (χ2n) is 5.13. The zero-order valence-corrected chi connectivity index (χ0v) is 15.4. The minimum absolute atomic E-state index is 0.0652. The highest BCUT2D eigenvalue weighted by Gasteiger charge is 2.43. The topological polar surface area (TPSA) is 46.6 Å². The van der Waals surface area contributed by atoms with Gasteiger partial charge in [0.1, 0.15) is 5.75 Å². The fourth-order valence-corrected chi connectivity index (χ4v) is 3.56. The van der Waals surface area contributed by atoms with E-state index in [4.69, 9.17) is 51.1 Å². The first kappa shape index (κ1) is 17.4. The fraction of sp³-hybridized carbons (Fsp3) is 0.125. The number of amides is 2. The average Bonchev–Trinajstić information content (AvgIpc) is 2.81. The number of rotatable bonds is 2. The van der Waals surface area contributed by atoms with Crippen LogP contribution in [0.25, 0.3) is 0 Å². The molecule has 0 spiro atoms. The number of hydrogen-bond donors (Lipinski definition) is 0. The van der Waals surface area contributed by atoms with Crippen LogP contribution < -0.4 is 9.64 Å². The van der Waals surface area contributed by atoms with Crippen LogP contribution in [0.15, 0.2) is 18.2 Å². The Labute approximate surface area is 157 Å². The van der Waals surface area contributed by atoms with Crippen LogP contribution in [0.1, 0.15) is 26.3 Å². The van der Waals surface area contributed by atoms with Gasteiger partial charge >= 0.3 is 0 Å². The van der Waals surface area contributed by atoms with Crippen LogP contribution in [0, 0.1) is 6.92 Å². The lowest BCUT2D eigenvalue weighted by Gasteiger charge is -2.18. The maximum absolute atomic E-state index is 12.8. The molecule has 0 radical (unpaired) electrons. The van der Waals surface area contributed by atoms with Gasteiger partial charge < -0.3 is 4.74 Å². The number of methoxy groups -OCH3 is 1. The first-order chi connectivity index (χ1) is 11.3. The zero-order valence-electron chi connectivity index (χ0n) is 12.4. The molecule has 2 amide bonds. The van der Waals surface area contributed by atoms with E-state index >= 15 is 0 Å². The molecular weight excluding hydrogens is 396 g/mol. The van der Waals surface area contributed by atoms with Crippen LogP contribution >= 0.6 is 46.4 Å². The Morgan fingerprint density at radius 3 is 1.83 bits per heavy atom. The van der Waals surface area contributed by atoms with Crippen molar-refractivity contribution in [3.8, 4) is 5.75 Å². The Kier molecular flexibility index (Phi) is 4.43. The van der Waals surface area contributed by atoms with E-state index in [2.05, 4.69) is 0 Å². The first-order valence-electron chi connectivity index (χ1n) is 6.69. The van der Waals surface area contributed by atoms with Gasteiger partial charge in [0, 0.05) is 0 Å². The number of nitrogens with zero attached hydrogens (tertiary/aromatic N) is 1. The van der Waals surface area contributed by atoms with E-state index in [0.717, 1.165) is 10.5 Å². The standard InChI is InChI=1S/C16H9Cl4NO3/c1-6-3-4-8(24-2)7(5-6)21-15(22)9-10(16(21)23)12(18)14(20)13(19)11(9)17/h3-5H,1-2H3. The van der Waals surface area contributed by atoms with Crippen LogP contribution in [-0.4, -0.2) is 18.9 Å². The third-order valence-electron chi connectivity index (χ3n) is 3.68. The van der Waals surface area contributed by atoms with Gasteiger partial charge in [-0.2, -0.15) is 0 Å². The van der Waals surface area contributed by atoms with Gasteiger partial charge in [0.25, 0.3) is 11.8 Å². The minimum atomic E-state index is -0.635. The predicted molar refractivity (Wildman–Crippen MR) is 95.4 cm³/mol. The van der Waals surface area contributed by atoms with Gasteiger partial charge in [-0.05, 0) is 24.6 Å². The van der Waals surface area contributed by atoms with Crippen LogP contribution in [0.3, 0.4) is 0 Å². The number of imide groups is 1. The van der Waals surface area contributed by atoms with Crippen molar-refractivity contribution in [2.45, 2.75) is 6.92 Å². The molecule has 124 valence electrons. The number of fused-ring (bicyclic) bond motifs is 1. The van der Waals surface area contributed by atoms with Crippen molar-refractivity contribution in [2.24, 2.45) is 0 Å². The quantitative estimate of drug-likeness (QED) is 0.381. The summed E-state index contributed by atoms with van der Waals surface area (Å²) in [6, 6.07) is 5.12. The summed E-state index contributed by atoms with van der Waals surface area (Å²) in [5.41, 5.74) is 1.01. The van der Waals surface area contributed by atoms with Gasteiger partial charge in [0.05, 0.1) is 44.0 Å². The normalized spacial score (nSPS) is 13.5. The Bertz CT molecular complexity index is 864. The molecule has 8 heteroatoms. The van der Waals surface area contributed by atoms with Crippen molar-refractivity contribution in [2.75, 3.05) is 12.0 Å². The number of aryl methyl sites for hydroxylation is 1. The Hall–Kier alpha value is -1.46. The summed E-state index contributed by atoms with van der Waals surface area (Å²) >= 11 is 24.3. The Morgan fingerprint density at radius 2 is 1.38 bits per heavy atom. The van der Waals surface area contributed by atoms with Crippen molar-refractivity contribution in [1.82, 2.24) is 0 Å². The summed E-state index contributed by atoms with van der Waals surface area (Å²) in [6.07, 6.45) is 0. The molecule has 1 aliphatic rings. The van der Waals surface area contributed by atoms with Crippen molar-refractivity contribution < 1.29 is 14.3 Å². The highest BCUT2D eigenvalue weighted by Crippen LogP contribution is 2.46. The molecule has 0 atom stereocenters. The van der Waals surface area contributed by atoms with Crippen molar-refractivity contribution >= 4 is 63.9 Å². The molecule has 0 aromatic heterocycles. The smallest absolute Gasteiger partial charge is 0.267 e. The number of carbonyl (C=O) groups excluding carboxylic acids is 2. The van der Waals surface area contributed by atoms with Gasteiger partial charge in [-0.1, -0.05) is 52.5 Å². The lowest BCUT2D eigenvalue weighted by molar-refractivity contribution is 0.0925. The molecule has 2 aromatic rings. The number of hydrogen-bond acceptors (Lipinski definition) is 3. The Morgan fingerprint density at radius 1 is 0.875 bits per heavy atom. The molecule has 24 heavy (non-hydrogen) atoms. The molecule has 1 heterocycles. The maximum Gasteiger partial charge on any atom is 0.267 e. The molecule has 2 aromatic carbocycles. The highest BCUT2D eigenvalue weighted by molar-refractivity contribution is 6.56. The molecule has 1 aliphatic heterocycles. The van der Waals surface area contributed by atoms with E-state index < -0.39 is 11.8 Å². The number of carbonyl (C=O) groups is 2. The van der Waals surface area contributed by atoms with E-state index in [-0.39, 0.29) is 31.2 Å². The van der Waals surface area contributed by atoms with Gasteiger partial charge in [-0.3, -0.25) is 9.59 Å². The lowest BCUT2D eigenvalue weighted by atomic mass is 10.1. The average molecular weight is 405 g/mol. The largest absolute Gasteiger partial charge is 0.495 e. The Balaban J connectivity index is 2.28. The minimum Gasteiger partial charge on any atom is -0.495 e. The van der Waals surface area contributed by atoms with Crippen LogP contribution in [0.4, 0.5) is 5.69 Å². The number of halogens is 4. The predicted octanol–water partition coefficient (Wildman–Crippen LogP) is 5.42. The van der Waals surface area contributed by atoms with Crippen LogP contribution in [-0.2, 0) is 0 Å². The van der Waals surface area contributed by atoms with E-state index in [1.54, 1.807) is 18.2 Å². The van der Waals surface area contributed by atoms with Gasteiger partial charge in [0.15, 0.2) is 0 Å². The summed E-state index contributed by atoms with van der Waals surface area (Å²) in [4.78, 5) is 26.6. The van der Waals surface area contributed by atoms with Crippen molar-refractivity contribution in [3.05, 3.63) is 55.0 Å². The molecule has 0 fully saturated rings. The third-order valence-corrected chi connectivity index (χ3v) is 5.48. The van der Waals surface area contributed by atoms with E-state index in [0.29, 0.717) is 11.4 Å². The molecule has 0 unspecified atom stereocenters. The number of benzene rings is 2. The van der Waals surface area contributed by atoms with Gasteiger partial charge in [0.2, 0.25) is 0 Å². The molecule has 3 rings (SSSR count). The monoisotopic (exact) mass is 403 g/mol. The second kappa shape index (κ2) is 6.12. The number of anilines is 1. The van der Waals surface area contributed by atoms with E-state index in [1.807, 2.05) is 6.92 Å². The van der Waals surface area contributed by atoms with Gasteiger partial charge in [-0.15, -0.1) is 0 Å². The zero-order chi connectivity index (χ0) is 17.8. The molecule has 0 saturated carbocycles. The van der Waals surface area contributed by atoms with Crippen molar-refractivity contribution in [3.63, 3.8) is 0 Å². The highest BCUT2D eigenvalue weighted by atomic mass is 35.5. The van der Waals surface area contributed by atoms with E-state index in [1.165, 1.54) is 7.11 Å². The molecule has 0 aliphatic carbocycles. The first-order valence-corrected chi connectivity index (χ1v) is 8.20. The maximum atomic E-state index is 12.8.